The molecule has 0 aliphatic rings. The lowest BCUT2D eigenvalue weighted by Crippen LogP contribution is -2.47. The summed E-state index contributed by atoms with van der Waals surface area (Å²) in [5.41, 5.74) is 0. The maximum atomic E-state index is 11.7. The van der Waals surface area contributed by atoms with Gasteiger partial charge in [-0.05, 0) is 26.9 Å². The molecule has 0 fully saturated rings. The van der Waals surface area contributed by atoms with E-state index in [-0.39, 0.29) is 23.5 Å². The molecule has 0 aromatic carbocycles. The number of carbonyl (C=O) groups is 2. The third kappa shape index (κ3) is 3.20. The molecule has 82 valence electrons. The van der Waals surface area contributed by atoms with Crippen LogP contribution in [0.25, 0.3) is 0 Å². The summed E-state index contributed by atoms with van der Waals surface area (Å²) in [6.45, 7) is 5.51. The third-order valence-electron chi connectivity index (χ3n) is 2.33. The zero-order valence-corrected chi connectivity index (χ0v) is 9.55. The molecule has 0 saturated carbocycles. The van der Waals surface area contributed by atoms with Crippen molar-refractivity contribution in [2.24, 2.45) is 5.92 Å². The molecule has 0 radical (unpaired) electrons. The molecule has 0 aliphatic carbocycles. The number of Topliss-reactive ketones (excluding diaryl/α,β-unsaturated/α-hetero) is 2. The van der Waals surface area contributed by atoms with Gasteiger partial charge < -0.3 is 10.6 Å². The molecule has 2 N–H and O–H groups in total. The predicted molar refractivity (Wildman–Crippen MR) is 56.2 cm³/mol. The summed E-state index contributed by atoms with van der Waals surface area (Å²) in [4.78, 5) is 23.2. The second-order valence-electron chi connectivity index (χ2n) is 3.75. The number of ketones is 2. The van der Waals surface area contributed by atoms with E-state index in [0.29, 0.717) is 0 Å². The summed E-state index contributed by atoms with van der Waals surface area (Å²) in [5.74, 6) is -0.578. The molecule has 14 heavy (non-hydrogen) atoms. The van der Waals surface area contributed by atoms with Gasteiger partial charge in [0.2, 0.25) is 11.6 Å². The van der Waals surface area contributed by atoms with Crippen molar-refractivity contribution in [3.8, 4) is 0 Å². The van der Waals surface area contributed by atoms with Crippen molar-refractivity contribution < 1.29 is 9.59 Å². The molecule has 0 heterocycles. The highest BCUT2D eigenvalue weighted by atomic mass is 16.2. The lowest BCUT2D eigenvalue weighted by atomic mass is 9.95. The first-order valence-corrected chi connectivity index (χ1v) is 4.88. The van der Waals surface area contributed by atoms with Gasteiger partial charge in [-0.25, -0.2) is 0 Å². The maximum Gasteiger partial charge on any atom is 0.217 e. The number of hydrogen-bond acceptors (Lipinski definition) is 4. The number of nitrogens with one attached hydrogen (secondary N) is 2. The maximum absolute atomic E-state index is 11.7. The Kier molecular flexibility index (Phi) is 5.57. The van der Waals surface area contributed by atoms with E-state index in [1.165, 1.54) is 0 Å². The molecule has 4 nitrogen and oxygen atoms in total. The molecule has 0 aliphatic heterocycles. The molecule has 4 heteroatoms. The number of rotatable bonds is 6. The Morgan fingerprint density at radius 1 is 0.929 bits per heavy atom. The van der Waals surface area contributed by atoms with Crippen LogP contribution in [0.15, 0.2) is 0 Å². The molecule has 0 bridgehead atoms. The Morgan fingerprint density at radius 3 is 1.71 bits per heavy atom. The Bertz CT molecular complexity index is 214. The highest BCUT2D eigenvalue weighted by Crippen LogP contribution is 2.04. The van der Waals surface area contributed by atoms with Crippen molar-refractivity contribution in [1.29, 1.82) is 0 Å². The molecule has 0 amide bonds. The van der Waals surface area contributed by atoms with E-state index < -0.39 is 6.04 Å². The van der Waals surface area contributed by atoms with Gasteiger partial charge in [0.15, 0.2) is 0 Å². The SMILES string of the molecule is CN[C@@H](C)C(=O)C(=O)[C@@H](NC)C(C)C. The van der Waals surface area contributed by atoms with Gasteiger partial charge in [-0.15, -0.1) is 0 Å². The molecule has 0 aromatic heterocycles. The number of carbonyl (C=O) groups excluding carboxylic acids is 2. The Labute approximate surface area is 85.4 Å². The van der Waals surface area contributed by atoms with Gasteiger partial charge in [0.05, 0.1) is 12.1 Å². The summed E-state index contributed by atoms with van der Waals surface area (Å²) in [6.07, 6.45) is 0. The summed E-state index contributed by atoms with van der Waals surface area (Å²) in [6, 6.07) is -0.782. The van der Waals surface area contributed by atoms with Gasteiger partial charge in [-0.3, -0.25) is 9.59 Å². The quantitative estimate of drug-likeness (QED) is 0.591. The average Bonchev–Trinajstić information content (AvgIpc) is 2.15. The lowest BCUT2D eigenvalue weighted by molar-refractivity contribution is -0.139. The standard InChI is InChI=1S/C10H20N2O2/c1-6(2)8(12-5)10(14)9(13)7(3)11-4/h6-8,11-12H,1-5H3/t7-,8-/m0/s1. The van der Waals surface area contributed by atoms with Gasteiger partial charge >= 0.3 is 0 Å². The van der Waals surface area contributed by atoms with Crippen molar-refractivity contribution in [2.45, 2.75) is 32.9 Å². The zero-order valence-electron chi connectivity index (χ0n) is 9.55. The van der Waals surface area contributed by atoms with Crippen LogP contribution in [0.3, 0.4) is 0 Å². The first-order valence-electron chi connectivity index (χ1n) is 4.88. The fourth-order valence-corrected chi connectivity index (χ4v) is 1.26. The normalized spacial score (nSPS) is 15.3. The van der Waals surface area contributed by atoms with E-state index in [4.69, 9.17) is 0 Å². The van der Waals surface area contributed by atoms with Gasteiger partial charge in [0.25, 0.3) is 0 Å². The molecule has 0 saturated heterocycles. The van der Waals surface area contributed by atoms with Crippen LogP contribution in [0.5, 0.6) is 0 Å². The minimum atomic E-state index is -0.405. The second-order valence-corrected chi connectivity index (χ2v) is 3.75. The monoisotopic (exact) mass is 200 g/mol. The van der Waals surface area contributed by atoms with Gasteiger partial charge in [-0.1, -0.05) is 13.8 Å². The van der Waals surface area contributed by atoms with E-state index in [2.05, 4.69) is 10.6 Å². The van der Waals surface area contributed by atoms with Gasteiger partial charge in [-0.2, -0.15) is 0 Å². The first-order chi connectivity index (χ1) is 6.45. The second kappa shape index (κ2) is 5.88. The molecular formula is C10H20N2O2. The number of likely N-dealkylation sites (N-methyl/N-ethyl adjacent to an activating group) is 2. The first kappa shape index (κ1) is 13.3. The van der Waals surface area contributed by atoms with Crippen LogP contribution in [0.1, 0.15) is 20.8 Å². The van der Waals surface area contributed by atoms with Crippen LogP contribution >= 0.6 is 0 Å². The smallest absolute Gasteiger partial charge is 0.217 e. The Hall–Kier alpha value is -0.740. The molecule has 0 rings (SSSR count). The van der Waals surface area contributed by atoms with Crippen LogP contribution in [0, 0.1) is 5.92 Å². The highest BCUT2D eigenvalue weighted by Gasteiger charge is 2.28. The fourth-order valence-electron chi connectivity index (χ4n) is 1.26. The Balaban J connectivity index is 4.51. The minimum Gasteiger partial charge on any atom is -0.310 e. The van der Waals surface area contributed by atoms with E-state index in [1.54, 1.807) is 21.0 Å². The van der Waals surface area contributed by atoms with Crippen molar-refractivity contribution >= 4 is 11.6 Å². The van der Waals surface area contributed by atoms with Crippen molar-refractivity contribution in [2.75, 3.05) is 14.1 Å². The number of hydrogen-bond donors (Lipinski definition) is 2. The van der Waals surface area contributed by atoms with Crippen LogP contribution < -0.4 is 10.6 Å². The summed E-state index contributed by atoms with van der Waals surface area (Å²) in [5, 5.41) is 5.63. The third-order valence-corrected chi connectivity index (χ3v) is 2.33. The molecular weight excluding hydrogens is 180 g/mol. The van der Waals surface area contributed by atoms with E-state index >= 15 is 0 Å². The van der Waals surface area contributed by atoms with Crippen LogP contribution in [-0.4, -0.2) is 37.7 Å². The topological polar surface area (TPSA) is 58.2 Å². The van der Waals surface area contributed by atoms with Crippen molar-refractivity contribution in [3.05, 3.63) is 0 Å². The van der Waals surface area contributed by atoms with Gasteiger partial charge in [0, 0.05) is 0 Å². The van der Waals surface area contributed by atoms with E-state index in [0.717, 1.165) is 0 Å². The van der Waals surface area contributed by atoms with Crippen LogP contribution in [0.4, 0.5) is 0 Å². The predicted octanol–water partition coefficient (Wildman–Crippen LogP) is -0.0235. The summed E-state index contributed by atoms with van der Waals surface area (Å²) >= 11 is 0. The van der Waals surface area contributed by atoms with Crippen LogP contribution in [0.2, 0.25) is 0 Å². The molecule has 0 unspecified atom stereocenters. The highest BCUT2D eigenvalue weighted by molar-refractivity contribution is 6.40. The zero-order chi connectivity index (χ0) is 11.3. The minimum absolute atomic E-state index is 0.125. The molecule has 0 aromatic rings. The molecule has 0 spiro atoms. The van der Waals surface area contributed by atoms with Crippen molar-refractivity contribution in [1.82, 2.24) is 10.6 Å². The fraction of sp³-hybridized carbons (Fsp3) is 0.800. The van der Waals surface area contributed by atoms with E-state index in [1.807, 2.05) is 13.8 Å². The average molecular weight is 200 g/mol. The largest absolute Gasteiger partial charge is 0.310 e. The van der Waals surface area contributed by atoms with Crippen LogP contribution in [-0.2, 0) is 9.59 Å². The van der Waals surface area contributed by atoms with E-state index in [9.17, 15) is 9.59 Å². The summed E-state index contributed by atoms with van der Waals surface area (Å²) in [7, 11) is 3.36. The van der Waals surface area contributed by atoms with Crippen molar-refractivity contribution in [3.63, 3.8) is 0 Å². The Morgan fingerprint density at radius 2 is 1.43 bits per heavy atom. The van der Waals surface area contributed by atoms with Gasteiger partial charge in [0.1, 0.15) is 0 Å². The summed E-state index contributed by atoms with van der Waals surface area (Å²) < 4.78 is 0. The molecule has 2 atom stereocenters. The lowest BCUT2D eigenvalue weighted by Gasteiger charge is -2.19.